The molecule has 0 spiro atoms. The summed E-state index contributed by atoms with van der Waals surface area (Å²) in [4.78, 5) is 10.3. The summed E-state index contributed by atoms with van der Waals surface area (Å²) < 4.78 is 4.38. The summed E-state index contributed by atoms with van der Waals surface area (Å²) in [6, 6.07) is 0. The molecule has 0 bridgehead atoms. The van der Waals surface area contributed by atoms with Crippen molar-refractivity contribution in [2.45, 2.75) is 20.3 Å². The minimum absolute atomic E-state index is 0. The summed E-state index contributed by atoms with van der Waals surface area (Å²) in [5, 5.41) is 0. The van der Waals surface area contributed by atoms with Crippen molar-refractivity contribution in [2.75, 3.05) is 12.9 Å². The van der Waals surface area contributed by atoms with Gasteiger partial charge in [0.15, 0.2) is 0 Å². The van der Waals surface area contributed by atoms with Gasteiger partial charge in [-0.3, -0.25) is 4.79 Å². The van der Waals surface area contributed by atoms with E-state index in [-0.39, 0.29) is 13.4 Å². The summed E-state index contributed by atoms with van der Waals surface area (Å²) in [7, 11) is 1.39. The van der Waals surface area contributed by atoms with Crippen molar-refractivity contribution in [3.8, 4) is 0 Å². The SMILES string of the molecule is C.COC(=O)CCCS. The van der Waals surface area contributed by atoms with E-state index in [2.05, 4.69) is 17.4 Å². The zero-order valence-electron chi connectivity index (χ0n) is 4.89. The van der Waals surface area contributed by atoms with Gasteiger partial charge in [0.25, 0.3) is 0 Å². The Morgan fingerprint density at radius 3 is 2.56 bits per heavy atom. The fourth-order valence-corrected chi connectivity index (χ4v) is 0.484. The first-order chi connectivity index (χ1) is 3.81. The highest BCUT2D eigenvalue weighted by atomic mass is 32.1. The second-order valence-corrected chi connectivity index (χ2v) is 1.85. The molecule has 0 radical (unpaired) electrons. The lowest BCUT2D eigenvalue weighted by Crippen LogP contribution is -1.99. The number of hydrogen-bond acceptors (Lipinski definition) is 3. The summed E-state index contributed by atoms with van der Waals surface area (Å²) in [5.74, 6) is 0.591. The van der Waals surface area contributed by atoms with E-state index in [1.54, 1.807) is 0 Å². The molecule has 0 amide bonds. The largest absolute Gasteiger partial charge is 0.469 e. The first-order valence-corrected chi connectivity index (χ1v) is 3.12. The van der Waals surface area contributed by atoms with Crippen LogP contribution in [-0.2, 0) is 9.53 Å². The average Bonchev–Trinajstić information content (AvgIpc) is 1.83. The lowest BCUT2D eigenvalue weighted by molar-refractivity contribution is -0.140. The zero-order valence-corrected chi connectivity index (χ0v) is 5.78. The molecule has 0 heterocycles. The lowest BCUT2D eigenvalue weighted by atomic mass is 10.3. The van der Waals surface area contributed by atoms with Crippen molar-refractivity contribution < 1.29 is 9.53 Å². The first kappa shape index (κ1) is 11.6. The van der Waals surface area contributed by atoms with E-state index >= 15 is 0 Å². The number of hydrogen-bond donors (Lipinski definition) is 1. The van der Waals surface area contributed by atoms with Gasteiger partial charge in [0, 0.05) is 6.42 Å². The van der Waals surface area contributed by atoms with Crippen LogP contribution in [0.4, 0.5) is 0 Å². The maximum Gasteiger partial charge on any atom is 0.305 e. The van der Waals surface area contributed by atoms with Gasteiger partial charge in [-0.15, -0.1) is 0 Å². The molecule has 0 aromatic heterocycles. The van der Waals surface area contributed by atoms with Crippen molar-refractivity contribution >= 4 is 18.6 Å². The molecule has 0 atom stereocenters. The molecule has 56 valence electrons. The van der Waals surface area contributed by atoms with Crippen LogP contribution in [0.15, 0.2) is 0 Å². The fourth-order valence-electron chi connectivity index (χ4n) is 0.325. The molecule has 3 heteroatoms. The van der Waals surface area contributed by atoms with Crippen LogP contribution in [-0.4, -0.2) is 18.8 Å². The molecule has 2 nitrogen and oxygen atoms in total. The number of carbonyl (C=O) groups excluding carboxylic acids is 1. The van der Waals surface area contributed by atoms with Crippen LogP contribution in [0, 0.1) is 0 Å². The van der Waals surface area contributed by atoms with Gasteiger partial charge in [-0.05, 0) is 12.2 Å². The second kappa shape index (κ2) is 7.82. The zero-order chi connectivity index (χ0) is 6.41. The summed E-state index contributed by atoms with van der Waals surface area (Å²) in [5.41, 5.74) is 0. The van der Waals surface area contributed by atoms with Crippen LogP contribution < -0.4 is 0 Å². The molecular formula is C6H14O2S. The van der Waals surface area contributed by atoms with Crippen LogP contribution in [0.2, 0.25) is 0 Å². The predicted molar refractivity (Wildman–Crippen MR) is 41.8 cm³/mol. The van der Waals surface area contributed by atoms with E-state index in [1.165, 1.54) is 7.11 Å². The van der Waals surface area contributed by atoms with Crippen molar-refractivity contribution in [2.24, 2.45) is 0 Å². The van der Waals surface area contributed by atoms with Crippen LogP contribution in [0.3, 0.4) is 0 Å². The molecule has 0 aliphatic rings. The number of thiol groups is 1. The van der Waals surface area contributed by atoms with E-state index in [0.29, 0.717) is 6.42 Å². The Morgan fingerprint density at radius 1 is 1.67 bits per heavy atom. The average molecular weight is 150 g/mol. The summed E-state index contributed by atoms with van der Waals surface area (Å²) in [6.45, 7) is 0. The third kappa shape index (κ3) is 7.82. The van der Waals surface area contributed by atoms with Crippen LogP contribution in [0.1, 0.15) is 20.3 Å². The topological polar surface area (TPSA) is 26.3 Å². The summed E-state index contributed by atoms with van der Waals surface area (Å²) in [6.07, 6.45) is 1.29. The molecule has 0 rings (SSSR count). The highest BCUT2D eigenvalue weighted by Gasteiger charge is 1.95. The van der Waals surface area contributed by atoms with Crippen LogP contribution in [0.25, 0.3) is 0 Å². The molecule has 0 aromatic carbocycles. The van der Waals surface area contributed by atoms with Crippen molar-refractivity contribution in [1.82, 2.24) is 0 Å². The maximum atomic E-state index is 10.3. The third-order valence-electron chi connectivity index (χ3n) is 0.767. The van der Waals surface area contributed by atoms with Crippen LogP contribution in [0.5, 0.6) is 0 Å². The van der Waals surface area contributed by atoms with Gasteiger partial charge in [-0.25, -0.2) is 0 Å². The molecule has 0 aromatic rings. The van der Waals surface area contributed by atoms with Crippen molar-refractivity contribution in [3.63, 3.8) is 0 Å². The number of esters is 1. The number of methoxy groups -OCH3 is 1. The van der Waals surface area contributed by atoms with Crippen LogP contribution >= 0.6 is 12.6 Å². The quantitative estimate of drug-likeness (QED) is 0.487. The van der Waals surface area contributed by atoms with Gasteiger partial charge in [0.1, 0.15) is 0 Å². The molecule has 0 fully saturated rings. The molecule has 9 heavy (non-hydrogen) atoms. The lowest BCUT2D eigenvalue weighted by Gasteiger charge is -1.93. The Morgan fingerprint density at radius 2 is 2.22 bits per heavy atom. The molecule has 0 saturated heterocycles. The molecule has 0 unspecified atom stereocenters. The number of rotatable bonds is 3. The van der Waals surface area contributed by atoms with Gasteiger partial charge in [0.05, 0.1) is 7.11 Å². The second-order valence-electron chi connectivity index (χ2n) is 1.40. The minimum atomic E-state index is -0.154. The van der Waals surface area contributed by atoms with E-state index in [4.69, 9.17) is 0 Å². The Bertz CT molecular complexity index is 73.5. The Kier molecular flexibility index (Phi) is 10.1. The molecule has 0 N–H and O–H groups in total. The molecule has 0 aliphatic heterocycles. The fraction of sp³-hybridized carbons (Fsp3) is 0.833. The standard InChI is InChI=1S/C5H10O2S.CH4/c1-7-5(6)3-2-4-8;/h8H,2-4H2,1H3;1H4. The minimum Gasteiger partial charge on any atom is -0.469 e. The normalized spacial score (nSPS) is 7.78. The maximum absolute atomic E-state index is 10.3. The number of ether oxygens (including phenoxy) is 1. The Balaban J connectivity index is 0. The van der Waals surface area contributed by atoms with Crippen molar-refractivity contribution in [3.05, 3.63) is 0 Å². The van der Waals surface area contributed by atoms with E-state index in [1.807, 2.05) is 0 Å². The van der Waals surface area contributed by atoms with E-state index in [0.717, 1.165) is 12.2 Å². The van der Waals surface area contributed by atoms with E-state index in [9.17, 15) is 4.79 Å². The van der Waals surface area contributed by atoms with Gasteiger partial charge in [-0.1, -0.05) is 7.43 Å². The Hall–Kier alpha value is -0.180. The van der Waals surface area contributed by atoms with Gasteiger partial charge < -0.3 is 4.74 Å². The van der Waals surface area contributed by atoms with Gasteiger partial charge in [-0.2, -0.15) is 12.6 Å². The Labute approximate surface area is 62.0 Å². The number of carbonyl (C=O) groups is 1. The predicted octanol–water partition coefficient (Wildman–Crippen LogP) is 1.51. The molecular weight excluding hydrogens is 136 g/mol. The van der Waals surface area contributed by atoms with Gasteiger partial charge in [0.2, 0.25) is 0 Å². The first-order valence-electron chi connectivity index (χ1n) is 2.49. The van der Waals surface area contributed by atoms with Gasteiger partial charge >= 0.3 is 5.97 Å². The summed E-state index contributed by atoms with van der Waals surface area (Å²) >= 11 is 3.93. The third-order valence-corrected chi connectivity index (χ3v) is 1.08. The highest BCUT2D eigenvalue weighted by molar-refractivity contribution is 7.80. The highest BCUT2D eigenvalue weighted by Crippen LogP contribution is 1.92. The van der Waals surface area contributed by atoms with E-state index < -0.39 is 0 Å². The smallest absolute Gasteiger partial charge is 0.305 e. The monoisotopic (exact) mass is 150 g/mol. The van der Waals surface area contributed by atoms with Crippen molar-refractivity contribution in [1.29, 1.82) is 0 Å². The molecule has 0 aliphatic carbocycles. The molecule has 0 saturated carbocycles.